The zero-order valence-electron chi connectivity index (χ0n) is 12.8. The van der Waals surface area contributed by atoms with Crippen LogP contribution in [0.25, 0.3) is 0 Å². The molecule has 116 valence electrons. The van der Waals surface area contributed by atoms with Crippen LogP contribution in [0.4, 0.5) is 0 Å². The van der Waals surface area contributed by atoms with Gasteiger partial charge in [-0.25, -0.2) is 0 Å². The maximum absolute atomic E-state index is 10.0. The standard InChI is InChI=1S/C19H22O3/c1-11-9-18-16(10-17(11)21)14-3-2-4-15(14)19(22-18)12-5-7-13(20)8-6-12/h5,7-10,12,14-15,19-21H,2-4,6H2,1H3/t12?,14-,15+,19-/m0/s1. The molecule has 4 atom stereocenters. The number of allylic oxidation sites excluding steroid dienone is 2. The number of phenolic OH excluding ortho intramolecular Hbond substituents is 1. The predicted molar refractivity (Wildman–Crippen MR) is 85.3 cm³/mol. The summed E-state index contributed by atoms with van der Waals surface area (Å²) >= 11 is 0. The van der Waals surface area contributed by atoms with Crippen LogP contribution in [0.2, 0.25) is 0 Å². The molecular weight excluding hydrogens is 276 g/mol. The molecule has 1 aromatic rings. The highest BCUT2D eigenvalue weighted by Crippen LogP contribution is 2.52. The fraction of sp³-hybridized carbons (Fsp3) is 0.474. The van der Waals surface area contributed by atoms with Crippen LogP contribution in [0.15, 0.2) is 36.1 Å². The molecule has 1 fully saturated rings. The van der Waals surface area contributed by atoms with E-state index in [-0.39, 0.29) is 6.10 Å². The molecule has 0 bridgehead atoms. The van der Waals surface area contributed by atoms with Crippen LogP contribution in [0.5, 0.6) is 11.5 Å². The van der Waals surface area contributed by atoms with Gasteiger partial charge in [-0.3, -0.25) is 0 Å². The zero-order chi connectivity index (χ0) is 15.3. The lowest BCUT2D eigenvalue weighted by molar-refractivity contribution is 0.0675. The second-order valence-electron chi connectivity index (χ2n) is 6.85. The number of hydrogen-bond donors (Lipinski definition) is 2. The molecule has 3 nitrogen and oxygen atoms in total. The lowest BCUT2D eigenvalue weighted by Crippen LogP contribution is -2.39. The Morgan fingerprint density at radius 2 is 2.05 bits per heavy atom. The first kappa shape index (κ1) is 13.7. The Balaban J connectivity index is 1.70. The summed E-state index contributed by atoms with van der Waals surface area (Å²) in [6.45, 7) is 1.91. The van der Waals surface area contributed by atoms with Crippen molar-refractivity contribution in [2.45, 2.75) is 44.6 Å². The highest BCUT2D eigenvalue weighted by Gasteiger charge is 2.44. The summed E-state index contributed by atoms with van der Waals surface area (Å²) in [5.74, 6) is 3.00. The number of hydrogen-bond acceptors (Lipinski definition) is 3. The summed E-state index contributed by atoms with van der Waals surface area (Å²) in [6.07, 6.45) is 10.4. The van der Waals surface area contributed by atoms with Crippen molar-refractivity contribution in [1.29, 1.82) is 0 Å². The van der Waals surface area contributed by atoms with Crippen molar-refractivity contribution in [3.8, 4) is 11.5 Å². The van der Waals surface area contributed by atoms with Crippen molar-refractivity contribution in [2.75, 3.05) is 0 Å². The predicted octanol–water partition coefficient (Wildman–Crippen LogP) is 4.36. The molecule has 1 unspecified atom stereocenters. The molecule has 0 radical (unpaired) electrons. The number of benzene rings is 1. The number of aromatic hydroxyl groups is 1. The normalized spacial score (nSPS) is 32.9. The van der Waals surface area contributed by atoms with Gasteiger partial charge in [-0.1, -0.05) is 12.5 Å². The molecule has 1 saturated carbocycles. The summed E-state index contributed by atoms with van der Waals surface area (Å²) in [5, 5.41) is 19.6. The number of fused-ring (bicyclic) bond motifs is 3. The first-order valence-electron chi connectivity index (χ1n) is 8.21. The number of phenols is 1. The molecule has 0 saturated heterocycles. The number of ether oxygens (including phenoxy) is 1. The molecule has 1 aliphatic heterocycles. The molecule has 1 heterocycles. The van der Waals surface area contributed by atoms with Gasteiger partial charge in [0.15, 0.2) is 0 Å². The smallest absolute Gasteiger partial charge is 0.123 e. The van der Waals surface area contributed by atoms with Crippen molar-refractivity contribution in [2.24, 2.45) is 11.8 Å². The fourth-order valence-electron chi connectivity index (χ4n) is 4.35. The lowest BCUT2D eigenvalue weighted by Gasteiger charge is -2.40. The minimum Gasteiger partial charge on any atom is -0.508 e. The Bertz CT molecular complexity index is 659. The van der Waals surface area contributed by atoms with Gasteiger partial charge in [-0.05, 0) is 62.0 Å². The minimum atomic E-state index is 0.171. The quantitative estimate of drug-likeness (QED) is 0.809. The third-order valence-corrected chi connectivity index (χ3v) is 5.52. The third kappa shape index (κ3) is 2.11. The number of aliphatic hydroxyl groups is 1. The van der Waals surface area contributed by atoms with Crippen LogP contribution in [0, 0.1) is 18.8 Å². The first-order chi connectivity index (χ1) is 10.6. The van der Waals surface area contributed by atoms with Crippen molar-refractivity contribution in [1.82, 2.24) is 0 Å². The second kappa shape index (κ2) is 5.08. The van der Waals surface area contributed by atoms with E-state index in [4.69, 9.17) is 4.74 Å². The number of aryl methyl sites for hydroxylation is 1. The molecule has 2 N–H and O–H groups in total. The SMILES string of the molecule is Cc1cc2c(cc1O)[C@H]1CCC[C@H]1[C@H](C1C=CC(O)=CC1)O2. The highest BCUT2D eigenvalue weighted by molar-refractivity contribution is 5.49. The summed E-state index contributed by atoms with van der Waals surface area (Å²) in [6, 6.07) is 3.89. The number of aliphatic hydroxyl groups excluding tert-OH is 1. The average molecular weight is 298 g/mol. The van der Waals surface area contributed by atoms with Crippen molar-refractivity contribution >= 4 is 0 Å². The Labute approximate surface area is 130 Å². The maximum Gasteiger partial charge on any atom is 0.123 e. The molecule has 22 heavy (non-hydrogen) atoms. The van der Waals surface area contributed by atoms with Crippen LogP contribution < -0.4 is 4.74 Å². The van der Waals surface area contributed by atoms with E-state index in [0.29, 0.717) is 29.3 Å². The summed E-state index contributed by atoms with van der Waals surface area (Å²) in [4.78, 5) is 0. The van der Waals surface area contributed by atoms with Crippen LogP contribution in [0.1, 0.15) is 42.7 Å². The van der Waals surface area contributed by atoms with Gasteiger partial charge in [0.1, 0.15) is 23.4 Å². The Morgan fingerprint density at radius 3 is 2.82 bits per heavy atom. The van der Waals surface area contributed by atoms with Gasteiger partial charge in [0.25, 0.3) is 0 Å². The van der Waals surface area contributed by atoms with Gasteiger partial charge < -0.3 is 14.9 Å². The Morgan fingerprint density at radius 1 is 1.18 bits per heavy atom. The summed E-state index contributed by atoms with van der Waals surface area (Å²) < 4.78 is 6.38. The highest BCUT2D eigenvalue weighted by atomic mass is 16.5. The van der Waals surface area contributed by atoms with Gasteiger partial charge in [0.2, 0.25) is 0 Å². The molecule has 3 aliphatic rings. The topological polar surface area (TPSA) is 49.7 Å². The second-order valence-corrected chi connectivity index (χ2v) is 6.85. The summed E-state index contributed by atoms with van der Waals surface area (Å²) in [5.41, 5.74) is 2.05. The zero-order valence-corrected chi connectivity index (χ0v) is 12.8. The number of rotatable bonds is 1. The van der Waals surface area contributed by atoms with E-state index in [1.54, 1.807) is 6.08 Å². The minimum absolute atomic E-state index is 0.171. The molecule has 0 aromatic heterocycles. The average Bonchev–Trinajstić information content (AvgIpc) is 2.99. The largest absolute Gasteiger partial charge is 0.508 e. The van der Waals surface area contributed by atoms with Crippen LogP contribution in [0.3, 0.4) is 0 Å². The lowest BCUT2D eigenvalue weighted by atomic mass is 9.76. The Hall–Kier alpha value is -1.90. The Kier molecular flexibility index (Phi) is 3.17. The molecule has 1 aromatic carbocycles. The van der Waals surface area contributed by atoms with Gasteiger partial charge in [-0.15, -0.1) is 0 Å². The van der Waals surface area contributed by atoms with E-state index < -0.39 is 0 Å². The molecule has 0 amide bonds. The fourth-order valence-corrected chi connectivity index (χ4v) is 4.35. The van der Waals surface area contributed by atoms with E-state index in [9.17, 15) is 10.2 Å². The third-order valence-electron chi connectivity index (χ3n) is 5.52. The van der Waals surface area contributed by atoms with E-state index in [1.165, 1.54) is 24.8 Å². The van der Waals surface area contributed by atoms with Gasteiger partial charge in [0.05, 0.1) is 0 Å². The molecule has 4 rings (SSSR count). The monoisotopic (exact) mass is 298 g/mol. The van der Waals surface area contributed by atoms with Gasteiger partial charge >= 0.3 is 0 Å². The van der Waals surface area contributed by atoms with Gasteiger partial charge in [-0.2, -0.15) is 0 Å². The van der Waals surface area contributed by atoms with Crippen LogP contribution in [-0.2, 0) is 0 Å². The first-order valence-corrected chi connectivity index (χ1v) is 8.21. The van der Waals surface area contributed by atoms with Crippen molar-refractivity contribution in [3.05, 3.63) is 47.2 Å². The molecular formula is C19H22O3. The van der Waals surface area contributed by atoms with E-state index in [0.717, 1.165) is 17.7 Å². The summed E-state index contributed by atoms with van der Waals surface area (Å²) in [7, 11) is 0. The van der Waals surface area contributed by atoms with Crippen LogP contribution in [-0.4, -0.2) is 16.3 Å². The van der Waals surface area contributed by atoms with E-state index in [1.807, 2.05) is 25.1 Å². The van der Waals surface area contributed by atoms with Crippen LogP contribution >= 0.6 is 0 Å². The van der Waals surface area contributed by atoms with Crippen molar-refractivity contribution < 1.29 is 14.9 Å². The molecule has 2 aliphatic carbocycles. The van der Waals surface area contributed by atoms with Crippen molar-refractivity contribution in [3.63, 3.8) is 0 Å². The van der Waals surface area contributed by atoms with E-state index >= 15 is 0 Å². The van der Waals surface area contributed by atoms with E-state index in [2.05, 4.69) is 6.08 Å². The maximum atomic E-state index is 10.0. The van der Waals surface area contributed by atoms with Gasteiger partial charge in [0, 0.05) is 17.4 Å². The molecule has 0 spiro atoms. The molecule has 3 heteroatoms.